The summed E-state index contributed by atoms with van der Waals surface area (Å²) in [4.78, 5) is 14.6. The van der Waals surface area contributed by atoms with E-state index in [1.54, 1.807) is 20.4 Å². The van der Waals surface area contributed by atoms with Crippen molar-refractivity contribution < 1.29 is 14.3 Å². The molecule has 0 fully saturated rings. The Morgan fingerprint density at radius 3 is 1.94 bits per heavy atom. The minimum absolute atomic E-state index is 0.0809. The molecular formula is C29H36N4O3. The highest BCUT2D eigenvalue weighted by Crippen LogP contribution is 2.35. The van der Waals surface area contributed by atoms with Crippen LogP contribution in [-0.4, -0.2) is 47.0 Å². The second kappa shape index (κ2) is 13.3. The highest BCUT2D eigenvalue weighted by molar-refractivity contribution is 5.83. The number of carbonyl (C=O) groups excluding carboxylic acids is 1. The van der Waals surface area contributed by atoms with Crippen molar-refractivity contribution >= 4 is 17.8 Å². The lowest BCUT2D eigenvalue weighted by Gasteiger charge is -2.28. The minimum atomic E-state index is -0.209. The Morgan fingerprint density at radius 2 is 1.44 bits per heavy atom. The van der Waals surface area contributed by atoms with Gasteiger partial charge in [-0.15, -0.1) is 0 Å². The molecule has 0 aliphatic heterocycles. The van der Waals surface area contributed by atoms with E-state index in [0.29, 0.717) is 0 Å². The first kappa shape index (κ1) is 26.8. The van der Waals surface area contributed by atoms with Crippen LogP contribution in [0, 0.1) is 0 Å². The molecular weight excluding hydrogens is 452 g/mol. The lowest BCUT2D eigenvalue weighted by Crippen LogP contribution is -2.36. The summed E-state index contributed by atoms with van der Waals surface area (Å²) in [6.07, 6.45) is 2.53. The van der Waals surface area contributed by atoms with Gasteiger partial charge >= 0.3 is 0 Å². The van der Waals surface area contributed by atoms with E-state index in [0.717, 1.165) is 34.7 Å². The van der Waals surface area contributed by atoms with Crippen LogP contribution in [0.25, 0.3) is 0 Å². The molecule has 0 saturated carbocycles. The predicted molar refractivity (Wildman–Crippen MR) is 146 cm³/mol. The molecule has 3 aromatic carbocycles. The van der Waals surface area contributed by atoms with Gasteiger partial charge in [-0.2, -0.15) is 5.10 Å². The first-order valence-corrected chi connectivity index (χ1v) is 12.1. The van der Waals surface area contributed by atoms with Gasteiger partial charge in [0, 0.05) is 31.7 Å². The molecule has 1 amide bonds. The number of rotatable bonds is 12. The number of amides is 1. The molecule has 190 valence electrons. The van der Waals surface area contributed by atoms with E-state index < -0.39 is 0 Å². The van der Waals surface area contributed by atoms with Crippen molar-refractivity contribution in [2.24, 2.45) is 5.10 Å². The lowest BCUT2D eigenvalue weighted by atomic mass is 9.85. The Labute approximate surface area is 214 Å². The maximum absolute atomic E-state index is 12.6. The van der Waals surface area contributed by atoms with Crippen molar-refractivity contribution in [3.8, 4) is 11.5 Å². The third-order valence-corrected chi connectivity index (χ3v) is 6.16. The maximum Gasteiger partial charge on any atom is 0.254 e. The number of hydrogen-bond donors (Lipinski definition) is 2. The Balaban J connectivity index is 1.70. The summed E-state index contributed by atoms with van der Waals surface area (Å²) >= 11 is 0. The van der Waals surface area contributed by atoms with Crippen LogP contribution in [-0.2, 0) is 4.79 Å². The van der Waals surface area contributed by atoms with E-state index in [-0.39, 0.29) is 24.4 Å². The molecule has 0 aromatic heterocycles. The lowest BCUT2D eigenvalue weighted by molar-refractivity contribution is -0.120. The Bertz CT molecular complexity index is 1110. The Kier molecular flexibility index (Phi) is 9.89. The molecule has 2 unspecified atom stereocenters. The summed E-state index contributed by atoms with van der Waals surface area (Å²) in [7, 11) is 7.30. The van der Waals surface area contributed by atoms with Gasteiger partial charge in [-0.05, 0) is 59.5 Å². The zero-order valence-electron chi connectivity index (χ0n) is 21.7. The maximum atomic E-state index is 12.6. The van der Waals surface area contributed by atoms with Crippen molar-refractivity contribution in [1.82, 2.24) is 10.7 Å². The van der Waals surface area contributed by atoms with Gasteiger partial charge in [0.1, 0.15) is 11.5 Å². The summed E-state index contributed by atoms with van der Waals surface area (Å²) in [5.74, 6) is 1.55. The van der Waals surface area contributed by atoms with Gasteiger partial charge in [0.25, 0.3) is 5.91 Å². The van der Waals surface area contributed by atoms with Crippen molar-refractivity contribution in [2.75, 3.05) is 39.8 Å². The molecule has 2 N–H and O–H groups in total. The van der Waals surface area contributed by atoms with Crippen molar-refractivity contribution in [1.29, 1.82) is 0 Å². The first-order valence-electron chi connectivity index (χ1n) is 12.1. The fraction of sp³-hybridized carbons (Fsp3) is 0.310. The topological polar surface area (TPSA) is 75.2 Å². The normalized spacial score (nSPS) is 12.7. The van der Waals surface area contributed by atoms with Crippen LogP contribution >= 0.6 is 0 Å². The van der Waals surface area contributed by atoms with E-state index in [1.165, 1.54) is 5.56 Å². The van der Waals surface area contributed by atoms with Crippen LogP contribution < -0.4 is 25.1 Å². The van der Waals surface area contributed by atoms with E-state index in [9.17, 15) is 4.79 Å². The van der Waals surface area contributed by atoms with Crippen LogP contribution in [0.3, 0.4) is 0 Å². The number of hydrogen-bond acceptors (Lipinski definition) is 6. The molecule has 0 radical (unpaired) electrons. The monoisotopic (exact) mass is 488 g/mol. The predicted octanol–water partition coefficient (Wildman–Crippen LogP) is 4.74. The number of ether oxygens (including phenoxy) is 2. The SMILES string of the molecule is CCC(c1ccc(OC)cc1)C(NCC(=O)NN=Cc1ccc(N(C)C)cc1)c1ccc(OC)cc1. The summed E-state index contributed by atoms with van der Waals surface area (Å²) in [6.45, 7) is 2.28. The van der Waals surface area contributed by atoms with Gasteiger partial charge in [-0.1, -0.05) is 43.3 Å². The summed E-state index contributed by atoms with van der Waals surface area (Å²) in [6, 6.07) is 23.9. The number of carbonyl (C=O) groups is 1. The van der Waals surface area contributed by atoms with Gasteiger partial charge in [0.2, 0.25) is 0 Å². The molecule has 2 atom stereocenters. The van der Waals surface area contributed by atoms with E-state index >= 15 is 0 Å². The Morgan fingerprint density at radius 1 is 0.889 bits per heavy atom. The highest BCUT2D eigenvalue weighted by Gasteiger charge is 2.24. The van der Waals surface area contributed by atoms with E-state index in [4.69, 9.17) is 9.47 Å². The van der Waals surface area contributed by atoms with Gasteiger partial charge in [-0.25, -0.2) is 5.43 Å². The molecule has 0 aliphatic carbocycles. The number of hydrazone groups is 1. The van der Waals surface area contributed by atoms with Crippen molar-refractivity contribution in [3.63, 3.8) is 0 Å². The van der Waals surface area contributed by atoms with Crippen LogP contribution in [0.4, 0.5) is 5.69 Å². The average molecular weight is 489 g/mol. The van der Waals surface area contributed by atoms with Crippen molar-refractivity contribution in [2.45, 2.75) is 25.3 Å². The number of anilines is 1. The second-order valence-electron chi connectivity index (χ2n) is 8.70. The molecule has 7 heteroatoms. The van der Waals surface area contributed by atoms with Gasteiger partial charge in [-0.3, -0.25) is 4.79 Å². The summed E-state index contributed by atoms with van der Waals surface area (Å²) in [5, 5.41) is 7.58. The van der Waals surface area contributed by atoms with Crippen LogP contribution in [0.15, 0.2) is 77.9 Å². The fourth-order valence-corrected chi connectivity index (χ4v) is 4.10. The van der Waals surface area contributed by atoms with Gasteiger partial charge < -0.3 is 19.7 Å². The molecule has 7 nitrogen and oxygen atoms in total. The highest BCUT2D eigenvalue weighted by atomic mass is 16.5. The molecule has 0 saturated heterocycles. The number of nitrogens with zero attached hydrogens (tertiary/aromatic N) is 2. The molecule has 3 rings (SSSR count). The second-order valence-corrected chi connectivity index (χ2v) is 8.70. The summed E-state index contributed by atoms with van der Waals surface area (Å²) in [5.41, 5.74) is 6.89. The summed E-state index contributed by atoms with van der Waals surface area (Å²) < 4.78 is 10.6. The van der Waals surface area contributed by atoms with Crippen LogP contribution in [0.2, 0.25) is 0 Å². The average Bonchev–Trinajstić information content (AvgIpc) is 2.91. The number of benzene rings is 3. The van der Waals surface area contributed by atoms with E-state index in [1.807, 2.05) is 79.7 Å². The largest absolute Gasteiger partial charge is 0.497 e. The molecule has 0 bridgehead atoms. The quantitative estimate of drug-likeness (QED) is 0.284. The number of methoxy groups -OCH3 is 2. The third kappa shape index (κ3) is 7.33. The van der Waals surface area contributed by atoms with E-state index in [2.05, 4.69) is 34.9 Å². The third-order valence-electron chi connectivity index (χ3n) is 6.16. The van der Waals surface area contributed by atoms with Crippen LogP contribution in [0.5, 0.6) is 11.5 Å². The zero-order chi connectivity index (χ0) is 25.9. The first-order chi connectivity index (χ1) is 17.4. The smallest absolute Gasteiger partial charge is 0.254 e. The molecule has 36 heavy (non-hydrogen) atoms. The van der Waals surface area contributed by atoms with Gasteiger partial charge in [0.15, 0.2) is 0 Å². The van der Waals surface area contributed by atoms with Gasteiger partial charge in [0.05, 0.1) is 27.0 Å². The minimum Gasteiger partial charge on any atom is -0.497 e. The molecule has 0 aliphatic rings. The zero-order valence-corrected chi connectivity index (χ0v) is 21.7. The van der Waals surface area contributed by atoms with Crippen molar-refractivity contribution in [3.05, 3.63) is 89.5 Å². The number of nitrogens with one attached hydrogen (secondary N) is 2. The molecule has 0 heterocycles. The fourth-order valence-electron chi connectivity index (χ4n) is 4.10. The molecule has 3 aromatic rings. The molecule has 0 spiro atoms. The standard InChI is InChI=1S/C29H36N4O3/c1-6-27(22-9-15-25(35-4)16-10-22)29(23-11-17-26(36-5)18-12-23)30-20-28(34)32-31-19-21-7-13-24(14-8-21)33(2)3/h7-19,27,29-30H,6,20H2,1-5H3,(H,32,34). The van der Waals surface area contributed by atoms with Crippen LogP contribution in [0.1, 0.15) is 42.0 Å². The Hall–Kier alpha value is -3.84.